The summed E-state index contributed by atoms with van der Waals surface area (Å²) in [5, 5.41) is 9.22. The summed E-state index contributed by atoms with van der Waals surface area (Å²) in [5.41, 5.74) is 6.59. The van der Waals surface area contributed by atoms with Gasteiger partial charge in [-0.25, -0.2) is 15.0 Å². The highest BCUT2D eigenvalue weighted by Crippen LogP contribution is 2.44. The monoisotopic (exact) mass is 761 g/mol. The number of hydrogen-bond acceptors (Lipinski definition) is 4. The van der Waals surface area contributed by atoms with Crippen molar-refractivity contribution in [2.24, 2.45) is 0 Å². The SMILES string of the molecule is [2H]c1c([2H])c([2H])c(-c2nc(-c3ccccc3)nc(-c3cc(-n4c5ccccc5c5ccccc54)cc4c3sc3cc(-c5ccc6c(ccc7ccccc76)c5)ccc34)n2)c([2H])c1[2H]. The third kappa shape index (κ3) is 5.25. The van der Waals surface area contributed by atoms with Gasteiger partial charge in [0.15, 0.2) is 17.5 Å². The standard InChI is InChI=1S/C53H32N4S/c1-3-14-34(15-4-1)51-54-52(35-16-5-2-6-17-35)56-53(55-51)46-32-39(57-47-21-11-9-19-42(47)43-20-10-12-22-48(43)57)31-45-44-28-26-37(30-49(44)58-50(45)46)36-25-27-41-38(29-36)24-23-33-13-7-8-18-40(33)41/h1-32H/i1D,3D,4D,14D,15D. The lowest BCUT2D eigenvalue weighted by atomic mass is 9.97. The van der Waals surface area contributed by atoms with Crippen LogP contribution in [0.15, 0.2) is 194 Å². The first-order valence-corrected chi connectivity index (χ1v) is 19.9. The molecule has 0 N–H and O–H groups in total. The van der Waals surface area contributed by atoms with Crippen molar-refractivity contribution >= 4 is 74.9 Å². The number of benzene rings is 9. The summed E-state index contributed by atoms with van der Waals surface area (Å²) in [7, 11) is 0. The summed E-state index contributed by atoms with van der Waals surface area (Å²) in [5.74, 6) is 0.649. The highest BCUT2D eigenvalue weighted by Gasteiger charge is 2.21. The molecule has 3 aromatic heterocycles. The molecule has 0 fully saturated rings. The fourth-order valence-corrected chi connectivity index (χ4v) is 9.65. The van der Waals surface area contributed by atoms with Crippen LogP contribution < -0.4 is 0 Å². The minimum Gasteiger partial charge on any atom is -0.309 e. The number of para-hydroxylation sites is 2. The lowest BCUT2D eigenvalue weighted by Crippen LogP contribution is -2.01. The molecule has 0 aliphatic heterocycles. The second-order valence-corrected chi connectivity index (χ2v) is 15.5. The van der Waals surface area contributed by atoms with Gasteiger partial charge in [0.25, 0.3) is 0 Å². The Hall–Kier alpha value is -7.47. The molecule has 270 valence electrons. The van der Waals surface area contributed by atoms with E-state index in [9.17, 15) is 0 Å². The fraction of sp³-hybridized carbons (Fsp3) is 0. The summed E-state index contributed by atoms with van der Waals surface area (Å²) in [6.07, 6.45) is 0. The van der Waals surface area contributed by atoms with Crippen molar-refractivity contribution in [2.75, 3.05) is 0 Å². The van der Waals surface area contributed by atoms with Gasteiger partial charge in [0, 0.05) is 53.3 Å². The smallest absolute Gasteiger partial charge is 0.165 e. The summed E-state index contributed by atoms with van der Waals surface area (Å²) >= 11 is 1.66. The Morgan fingerprint density at radius 2 is 1.02 bits per heavy atom. The average Bonchev–Trinajstić information content (AvgIpc) is 3.88. The van der Waals surface area contributed by atoms with E-state index in [1.54, 1.807) is 11.3 Å². The molecule has 0 aliphatic carbocycles. The highest BCUT2D eigenvalue weighted by molar-refractivity contribution is 7.26. The molecule has 0 spiro atoms. The largest absolute Gasteiger partial charge is 0.309 e. The number of rotatable bonds is 5. The highest BCUT2D eigenvalue weighted by atomic mass is 32.1. The molecular weight excluding hydrogens is 725 g/mol. The van der Waals surface area contributed by atoms with E-state index in [2.05, 4.69) is 138 Å². The number of fused-ring (bicyclic) bond motifs is 9. The van der Waals surface area contributed by atoms with Crippen molar-refractivity contribution < 1.29 is 6.85 Å². The van der Waals surface area contributed by atoms with Crippen molar-refractivity contribution in [2.45, 2.75) is 0 Å². The predicted molar refractivity (Wildman–Crippen MR) is 244 cm³/mol. The molecule has 0 radical (unpaired) electrons. The summed E-state index contributed by atoms with van der Waals surface area (Å²) < 4.78 is 47.4. The predicted octanol–water partition coefficient (Wildman–Crippen LogP) is 14.3. The van der Waals surface area contributed by atoms with Gasteiger partial charge in [-0.3, -0.25) is 0 Å². The van der Waals surface area contributed by atoms with Crippen LogP contribution in [-0.2, 0) is 0 Å². The van der Waals surface area contributed by atoms with E-state index < -0.39 is 18.1 Å². The quantitative estimate of drug-likeness (QED) is 0.164. The van der Waals surface area contributed by atoms with E-state index in [4.69, 9.17) is 21.8 Å². The maximum Gasteiger partial charge on any atom is 0.165 e. The summed E-state index contributed by atoms with van der Waals surface area (Å²) in [6.45, 7) is 0. The first kappa shape index (κ1) is 28.0. The molecule has 0 aliphatic rings. The molecule has 58 heavy (non-hydrogen) atoms. The third-order valence-electron chi connectivity index (χ3n) is 11.1. The van der Waals surface area contributed by atoms with Crippen molar-refractivity contribution in [3.63, 3.8) is 0 Å². The van der Waals surface area contributed by atoms with Gasteiger partial charge < -0.3 is 4.57 Å². The minimum atomic E-state index is -0.478. The van der Waals surface area contributed by atoms with Crippen LogP contribution in [0.25, 0.3) is 115 Å². The number of hydrogen-bond donors (Lipinski definition) is 0. The van der Waals surface area contributed by atoms with E-state index in [0.717, 1.165) is 64.4 Å². The zero-order valence-electron chi connectivity index (χ0n) is 35.8. The Balaban J connectivity index is 1.14. The van der Waals surface area contributed by atoms with E-state index in [0.29, 0.717) is 17.2 Å². The van der Waals surface area contributed by atoms with E-state index in [1.165, 1.54) is 21.5 Å². The summed E-state index contributed by atoms with van der Waals surface area (Å²) in [4.78, 5) is 15.0. The van der Waals surface area contributed by atoms with Gasteiger partial charge in [0.2, 0.25) is 0 Å². The van der Waals surface area contributed by atoms with Crippen molar-refractivity contribution in [1.82, 2.24) is 19.5 Å². The molecule has 0 saturated heterocycles. The normalized spacial score (nSPS) is 13.0. The van der Waals surface area contributed by atoms with Crippen molar-refractivity contribution in [3.8, 4) is 51.0 Å². The second kappa shape index (κ2) is 13.1. The Kier molecular flexibility index (Phi) is 6.30. The zero-order valence-corrected chi connectivity index (χ0v) is 31.6. The molecule has 3 heterocycles. The lowest BCUT2D eigenvalue weighted by molar-refractivity contribution is 1.07. The van der Waals surface area contributed by atoms with Crippen LogP contribution in [0.1, 0.15) is 6.85 Å². The van der Waals surface area contributed by atoms with Crippen LogP contribution in [0, 0.1) is 0 Å². The molecular formula is C53H32N4S. The molecule has 0 atom stereocenters. The molecule has 12 rings (SSSR count). The molecule has 0 amide bonds. The Bertz CT molecular complexity index is 3800. The number of nitrogens with zero attached hydrogens (tertiary/aromatic N) is 4. The van der Waals surface area contributed by atoms with Crippen molar-refractivity contribution in [1.29, 1.82) is 0 Å². The maximum absolute atomic E-state index is 8.91. The van der Waals surface area contributed by atoms with Gasteiger partial charge in [-0.05, 0) is 69.1 Å². The van der Waals surface area contributed by atoms with Gasteiger partial charge in [-0.15, -0.1) is 11.3 Å². The minimum absolute atomic E-state index is 0.00116. The van der Waals surface area contributed by atoms with Crippen LogP contribution in [0.2, 0.25) is 0 Å². The molecule has 4 nitrogen and oxygen atoms in total. The van der Waals surface area contributed by atoms with Crippen LogP contribution in [-0.4, -0.2) is 19.5 Å². The van der Waals surface area contributed by atoms with E-state index in [-0.39, 0.29) is 23.5 Å². The zero-order chi connectivity index (χ0) is 42.5. The number of aromatic nitrogens is 4. The molecule has 0 unspecified atom stereocenters. The van der Waals surface area contributed by atoms with E-state index >= 15 is 0 Å². The first-order valence-electron chi connectivity index (χ1n) is 21.6. The molecule has 5 heteroatoms. The first-order chi connectivity index (χ1) is 30.8. The second-order valence-electron chi connectivity index (χ2n) is 14.4. The fourth-order valence-electron chi connectivity index (χ4n) is 8.42. The Labute approximate surface area is 345 Å². The Morgan fingerprint density at radius 3 is 1.79 bits per heavy atom. The van der Waals surface area contributed by atoms with Gasteiger partial charge in [0.05, 0.1) is 17.9 Å². The molecule has 0 bridgehead atoms. The maximum atomic E-state index is 8.91. The van der Waals surface area contributed by atoms with Gasteiger partial charge in [-0.2, -0.15) is 0 Å². The van der Waals surface area contributed by atoms with Crippen LogP contribution in [0.3, 0.4) is 0 Å². The van der Waals surface area contributed by atoms with Gasteiger partial charge in [0.1, 0.15) is 0 Å². The number of thiophene rings is 1. The molecule has 0 saturated carbocycles. The van der Waals surface area contributed by atoms with Crippen LogP contribution in [0.5, 0.6) is 0 Å². The summed E-state index contributed by atoms with van der Waals surface area (Å²) in [6, 6.07) is 54.7. The lowest BCUT2D eigenvalue weighted by Gasteiger charge is -2.13. The average molecular weight is 762 g/mol. The van der Waals surface area contributed by atoms with Crippen molar-refractivity contribution in [3.05, 3.63) is 194 Å². The van der Waals surface area contributed by atoms with Crippen LogP contribution >= 0.6 is 11.3 Å². The molecule has 9 aromatic carbocycles. The molecule has 12 aromatic rings. The van der Waals surface area contributed by atoms with E-state index in [1.807, 2.05) is 30.3 Å². The van der Waals surface area contributed by atoms with Gasteiger partial charge in [-0.1, -0.05) is 158 Å². The van der Waals surface area contributed by atoms with Crippen LogP contribution in [0.4, 0.5) is 0 Å². The topological polar surface area (TPSA) is 43.6 Å². The third-order valence-corrected chi connectivity index (χ3v) is 12.3. The Morgan fingerprint density at radius 1 is 0.414 bits per heavy atom. The van der Waals surface area contributed by atoms with Gasteiger partial charge >= 0.3 is 0 Å².